The number of ether oxygens (including phenoxy) is 1. The lowest BCUT2D eigenvalue weighted by molar-refractivity contribution is -0.139. The first-order valence-corrected chi connectivity index (χ1v) is 11.0. The van der Waals surface area contributed by atoms with Gasteiger partial charge in [0, 0.05) is 11.6 Å². The lowest BCUT2D eigenvalue weighted by atomic mass is 10.1. The van der Waals surface area contributed by atoms with E-state index < -0.39 is 22.6 Å². The van der Waals surface area contributed by atoms with E-state index in [0.29, 0.717) is 17.2 Å². The van der Waals surface area contributed by atoms with E-state index >= 15 is 0 Å². The van der Waals surface area contributed by atoms with Gasteiger partial charge >= 0.3 is 5.97 Å². The summed E-state index contributed by atoms with van der Waals surface area (Å²) in [5, 5.41) is 9.31. The Bertz CT molecular complexity index is 1110. The standard InChI is InChI=1S/C22H20ClNO5S/c23-19-8-4-17(5-9-19)18-6-10-21(11-7-18)30(27,28)24-13-12-16-2-1-3-20(14-16)29-15-22(25)26/h1-11,14,24H,12-13,15H2,(H,25,26). The van der Waals surface area contributed by atoms with E-state index in [2.05, 4.69) is 4.72 Å². The normalized spacial score (nSPS) is 11.2. The fourth-order valence-electron chi connectivity index (χ4n) is 2.82. The summed E-state index contributed by atoms with van der Waals surface area (Å²) >= 11 is 5.90. The molecule has 0 aliphatic heterocycles. The Morgan fingerprint density at radius 2 is 1.60 bits per heavy atom. The molecule has 8 heteroatoms. The van der Waals surface area contributed by atoms with Crippen LogP contribution in [-0.2, 0) is 21.2 Å². The molecule has 0 fully saturated rings. The average molecular weight is 446 g/mol. The lowest BCUT2D eigenvalue weighted by Crippen LogP contribution is -2.26. The maximum absolute atomic E-state index is 12.5. The maximum Gasteiger partial charge on any atom is 0.341 e. The van der Waals surface area contributed by atoms with E-state index in [4.69, 9.17) is 21.4 Å². The van der Waals surface area contributed by atoms with Crippen molar-refractivity contribution in [3.63, 3.8) is 0 Å². The van der Waals surface area contributed by atoms with Crippen LogP contribution in [0, 0.1) is 0 Å². The van der Waals surface area contributed by atoms with Crippen LogP contribution in [-0.4, -0.2) is 32.6 Å². The topological polar surface area (TPSA) is 92.7 Å². The Morgan fingerprint density at radius 1 is 0.967 bits per heavy atom. The first-order valence-electron chi connectivity index (χ1n) is 9.13. The average Bonchev–Trinajstić information content (AvgIpc) is 2.73. The summed E-state index contributed by atoms with van der Waals surface area (Å²) in [4.78, 5) is 10.8. The molecule has 0 radical (unpaired) electrons. The first-order chi connectivity index (χ1) is 14.3. The van der Waals surface area contributed by atoms with Crippen molar-refractivity contribution >= 4 is 27.6 Å². The van der Waals surface area contributed by atoms with Crippen LogP contribution in [0.1, 0.15) is 5.56 Å². The smallest absolute Gasteiger partial charge is 0.341 e. The molecule has 156 valence electrons. The van der Waals surface area contributed by atoms with Gasteiger partial charge < -0.3 is 9.84 Å². The number of nitrogens with one attached hydrogen (secondary N) is 1. The minimum absolute atomic E-state index is 0.179. The van der Waals surface area contributed by atoms with Gasteiger partial charge in [0.1, 0.15) is 5.75 Å². The molecule has 6 nitrogen and oxygen atoms in total. The molecule has 0 aromatic heterocycles. The van der Waals surface area contributed by atoms with Crippen LogP contribution in [0.3, 0.4) is 0 Å². The van der Waals surface area contributed by atoms with Crippen molar-refractivity contribution in [3.05, 3.63) is 83.4 Å². The van der Waals surface area contributed by atoms with Gasteiger partial charge in [-0.1, -0.05) is 48.0 Å². The summed E-state index contributed by atoms with van der Waals surface area (Å²) in [6, 6.07) is 20.8. The zero-order valence-electron chi connectivity index (χ0n) is 15.9. The minimum atomic E-state index is -3.65. The molecule has 0 aliphatic rings. The Morgan fingerprint density at radius 3 is 2.23 bits per heavy atom. The zero-order valence-corrected chi connectivity index (χ0v) is 17.5. The van der Waals surface area contributed by atoms with Crippen LogP contribution >= 0.6 is 11.6 Å². The molecule has 3 aromatic rings. The minimum Gasteiger partial charge on any atom is -0.482 e. The van der Waals surface area contributed by atoms with Crippen molar-refractivity contribution in [2.24, 2.45) is 0 Å². The highest BCUT2D eigenvalue weighted by atomic mass is 35.5. The van der Waals surface area contributed by atoms with Crippen molar-refractivity contribution in [2.45, 2.75) is 11.3 Å². The summed E-state index contributed by atoms with van der Waals surface area (Å²) in [5.41, 5.74) is 2.67. The number of aliphatic carboxylic acids is 1. The number of rotatable bonds is 9. The Hall–Kier alpha value is -2.87. The summed E-state index contributed by atoms with van der Waals surface area (Å²) in [7, 11) is -3.65. The summed E-state index contributed by atoms with van der Waals surface area (Å²) < 4.78 is 32.8. The highest BCUT2D eigenvalue weighted by molar-refractivity contribution is 7.89. The molecule has 0 amide bonds. The molecule has 0 saturated heterocycles. The summed E-state index contributed by atoms with van der Waals surface area (Å²) in [5.74, 6) is -0.634. The molecule has 3 aromatic carbocycles. The van der Waals surface area contributed by atoms with Crippen LogP contribution in [0.15, 0.2) is 77.7 Å². The third-order valence-corrected chi connectivity index (χ3v) is 6.04. The van der Waals surface area contributed by atoms with Gasteiger partial charge in [0.2, 0.25) is 10.0 Å². The quantitative estimate of drug-likeness (QED) is 0.519. The number of carboxylic acids is 1. The summed E-state index contributed by atoms with van der Waals surface area (Å²) in [6.45, 7) is -0.230. The fourth-order valence-corrected chi connectivity index (χ4v) is 3.98. The van der Waals surface area contributed by atoms with E-state index in [1.165, 1.54) is 0 Å². The molecule has 0 unspecified atom stereocenters. The number of benzene rings is 3. The third-order valence-electron chi connectivity index (χ3n) is 4.31. The van der Waals surface area contributed by atoms with Gasteiger partial charge in [0.05, 0.1) is 4.90 Å². The number of sulfonamides is 1. The van der Waals surface area contributed by atoms with Crippen molar-refractivity contribution in [2.75, 3.05) is 13.2 Å². The molecular formula is C22H20ClNO5S. The monoisotopic (exact) mass is 445 g/mol. The zero-order chi connectivity index (χ0) is 21.6. The Labute approximate surface area is 180 Å². The van der Waals surface area contributed by atoms with Crippen LogP contribution in [0.25, 0.3) is 11.1 Å². The number of hydrogen-bond donors (Lipinski definition) is 2. The van der Waals surface area contributed by atoms with Crippen LogP contribution < -0.4 is 9.46 Å². The highest BCUT2D eigenvalue weighted by Crippen LogP contribution is 2.23. The van der Waals surface area contributed by atoms with E-state index in [1.807, 2.05) is 18.2 Å². The molecule has 3 rings (SSSR count). The van der Waals surface area contributed by atoms with Crippen molar-refractivity contribution in [1.82, 2.24) is 4.72 Å². The van der Waals surface area contributed by atoms with Gasteiger partial charge in [-0.3, -0.25) is 0 Å². The lowest BCUT2D eigenvalue weighted by Gasteiger charge is -2.09. The van der Waals surface area contributed by atoms with Crippen LogP contribution in [0.4, 0.5) is 0 Å². The molecule has 0 aliphatic carbocycles. The van der Waals surface area contributed by atoms with Gasteiger partial charge in [-0.25, -0.2) is 17.9 Å². The molecule has 30 heavy (non-hydrogen) atoms. The first kappa shape index (κ1) is 21.8. The van der Waals surface area contributed by atoms with Crippen molar-refractivity contribution in [3.8, 4) is 16.9 Å². The second kappa shape index (κ2) is 9.75. The van der Waals surface area contributed by atoms with Crippen LogP contribution in [0.5, 0.6) is 5.75 Å². The summed E-state index contributed by atoms with van der Waals surface area (Å²) in [6.07, 6.45) is 0.437. The predicted octanol–water partition coefficient (Wildman–Crippen LogP) is 3.99. The molecule has 0 atom stereocenters. The Balaban J connectivity index is 1.59. The van der Waals surface area contributed by atoms with Crippen molar-refractivity contribution in [1.29, 1.82) is 0 Å². The molecule has 0 heterocycles. The SMILES string of the molecule is O=C(O)COc1cccc(CCNS(=O)(=O)c2ccc(-c3ccc(Cl)cc3)cc2)c1. The van der Waals surface area contributed by atoms with Gasteiger partial charge in [-0.2, -0.15) is 0 Å². The van der Waals surface area contributed by atoms with E-state index in [-0.39, 0.29) is 11.4 Å². The van der Waals surface area contributed by atoms with Crippen molar-refractivity contribution < 1.29 is 23.1 Å². The molecule has 0 spiro atoms. The second-order valence-corrected chi connectivity index (χ2v) is 8.71. The molecule has 2 N–H and O–H groups in total. The molecular weight excluding hydrogens is 426 g/mol. The van der Waals surface area contributed by atoms with E-state index in [1.54, 1.807) is 54.6 Å². The van der Waals surface area contributed by atoms with Gasteiger partial charge in [0.15, 0.2) is 6.61 Å². The third kappa shape index (κ3) is 6.06. The predicted molar refractivity (Wildman–Crippen MR) is 115 cm³/mol. The number of hydrogen-bond acceptors (Lipinski definition) is 4. The van der Waals surface area contributed by atoms with E-state index in [0.717, 1.165) is 16.7 Å². The number of carbonyl (C=O) groups is 1. The molecule has 0 bridgehead atoms. The van der Waals surface area contributed by atoms with Gasteiger partial charge in [0.25, 0.3) is 0 Å². The maximum atomic E-state index is 12.5. The van der Waals surface area contributed by atoms with Gasteiger partial charge in [-0.05, 0) is 59.5 Å². The van der Waals surface area contributed by atoms with Crippen LogP contribution in [0.2, 0.25) is 5.02 Å². The number of carboxylic acid groups (broad SMARTS) is 1. The van der Waals surface area contributed by atoms with E-state index in [9.17, 15) is 13.2 Å². The second-order valence-electron chi connectivity index (χ2n) is 6.51. The highest BCUT2D eigenvalue weighted by Gasteiger charge is 2.13. The molecule has 0 saturated carbocycles. The fraction of sp³-hybridized carbons (Fsp3) is 0.136. The Kier molecular flexibility index (Phi) is 7.10. The number of halogens is 1. The van der Waals surface area contributed by atoms with Gasteiger partial charge in [-0.15, -0.1) is 0 Å². The largest absolute Gasteiger partial charge is 0.482 e.